The summed E-state index contributed by atoms with van der Waals surface area (Å²) >= 11 is 5.88. The molecule has 0 radical (unpaired) electrons. The Bertz CT molecular complexity index is 713. The number of nitrogens with one attached hydrogen (secondary N) is 3. The predicted octanol–water partition coefficient (Wildman–Crippen LogP) is 3.16. The zero-order chi connectivity index (χ0) is 17.4. The highest BCUT2D eigenvalue weighted by Gasteiger charge is 2.01. The third-order valence-corrected chi connectivity index (χ3v) is 3.56. The summed E-state index contributed by atoms with van der Waals surface area (Å²) in [6.45, 7) is 2.75. The maximum Gasteiger partial charge on any atom is 0.221 e. The normalized spacial score (nSPS) is 11.0. The first-order valence-electron chi connectivity index (χ1n) is 7.62. The number of hydrogen-bond acceptors (Lipinski definition) is 2. The molecule has 1 amide bonds. The quantitative estimate of drug-likeness (QED) is 0.576. The van der Waals surface area contributed by atoms with Gasteiger partial charge in [-0.2, -0.15) is 0 Å². The Morgan fingerprint density at radius 3 is 2.33 bits per heavy atom. The average molecular weight is 345 g/mol. The molecule has 0 saturated heterocycles. The van der Waals surface area contributed by atoms with Crippen LogP contribution in [0.25, 0.3) is 0 Å². The second kappa shape index (κ2) is 8.93. The summed E-state index contributed by atoms with van der Waals surface area (Å²) in [6, 6.07) is 15.4. The summed E-state index contributed by atoms with van der Waals surface area (Å²) in [5.74, 6) is 0.621. The number of hydrogen-bond donors (Lipinski definition) is 3. The van der Waals surface area contributed by atoms with Crippen molar-refractivity contribution in [1.29, 1.82) is 0 Å². The molecule has 0 heterocycles. The van der Waals surface area contributed by atoms with Gasteiger partial charge in [0, 0.05) is 37.8 Å². The highest BCUT2D eigenvalue weighted by Crippen LogP contribution is 2.11. The Hall–Kier alpha value is -2.53. The fraction of sp³-hybridized carbons (Fsp3) is 0.222. The van der Waals surface area contributed by atoms with Crippen LogP contribution in [0, 0.1) is 0 Å². The van der Waals surface area contributed by atoms with E-state index in [1.54, 1.807) is 7.05 Å². The van der Waals surface area contributed by atoms with E-state index in [4.69, 9.17) is 11.6 Å². The first-order valence-corrected chi connectivity index (χ1v) is 8.00. The van der Waals surface area contributed by atoms with E-state index in [0.717, 1.165) is 21.8 Å². The molecule has 6 heteroatoms. The van der Waals surface area contributed by atoms with Crippen LogP contribution < -0.4 is 16.0 Å². The van der Waals surface area contributed by atoms with Gasteiger partial charge < -0.3 is 16.0 Å². The van der Waals surface area contributed by atoms with Crippen LogP contribution in [-0.4, -0.2) is 18.9 Å². The number of anilines is 1. The van der Waals surface area contributed by atoms with Gasteiger partial charge in [0.15, 0.2) is 5.96 Å². The summed E-state index contributed by atoms with van der Waals surface area (Å²) in [5.41, 5.74) is 2.96. The first kappa shape index (κ1) is 17.8. The number of carbonyl (C=O) groups is 1. The van der Waals surface area contributed by atoms with E-state index in [0.29, 0.717) is 19.0 Å². The summed E-state index contributed by atoms with van der Waals surface area (Å²) in [4.78, 5) is 15.3. The van der Waals surface area contributed by atoms with Gasteiger partial charge in [-0.1, -0.05) is 35.9 Å². The Balaban J connectivity index is 1.87. The van der Waals surface area contributed by atoms with Crippen molar-refractivity contribution in [2.24, 2.45) is 4.99 Å². The number of guanidine groups is 1. The van der Waals surface area contributed by atoms with Crippen LogP contribution in [0.3, 0.4) is 0 Å². The zero-order valence-corrected chi connectivity index (χ0v) is 14.5. The van der Waals surface area contributed by atoms with Crippen molar-refractivity contribution >= 4 is 29.2 Å². The van der Waals surface area contributed by atoms with Crippen molar-refractivity contribution in [2.45, 2.75) is 20.0 Å². The molecule has 3 N–H and O–H groups in total. The van der Waals surface area contributed by atoms with Gasteiger partial charge in [-0.05, 0) is 35.4 Å². The summed E-state index contributed by atoms with van der Waals surface area (Å²) in [5, 5.41) is 9.99. The molecule has 0 aliphatic rings. The lowest BCUT2D eigenvalue weighted by Gasteiger charge is -2.13. The number of nitrogens with zero attached hydrogens (tertiary/aromatic N) is 1. The molecule has 0 spiro atoms. The molecule has 2 aromatic rings. The fourth-order valence-electron chi connectivity index (χ4n) is 2.16. The standard InChI is InChI=1S/C18H21ClN4O/c1-13(24)23-17-5-3-4-15(10-17)12-22-18(20-2)21-11-14-6-8-16(19)9-7-14/h3-10H,11-12H2,1-2H3,(H,23,24)(H2,20,21,22). The average Bonchev–Trinajstić information content (AvgIpc) is 2.56. The molecule has 0 saturated carbocycles. The van der Waals surface area contributed by atoms with Crippen LogP contribution in [0.1, 0.15) is 18.1 Å². The van der Waals surface area contributed by atoms with Gasteiger partial charge in [-0.3, -0.25) is 9.79 Å². The predicted molar refractivity (Wildman–Crippen MR) is 99.2 cm³/mol. The van der Waals surface area contributed by atoms with E-state index in [9.17, 15) is 4.79 Å². The Morgan fingerprint density at radius 2 is 1.71 bits per heavy atom. The number of rotatable bonds is 5. The molecule has 0 aliphatic heterocycles. The molecule has 0 aromatic heterocycles. The van der Waals surface area contributed by atoms with Crippen molar-refractivity contribution in [3.05, 3.63) is 64.7 Å². The maximum atomic E-state index is 11.1. The van der Waals surface area contributed by atoms with Crippen LogP contribution in [0.15, 0.2) is 53.5 Å². The minimum Gasteiger partial charge on any atom is -0.352 e. The molecule has 0 fully saturated rings. The topological polar surface area (TPSA) is 65.5 Å². The van der Waals surface area contributed by atoms with Crippen LogP contribution in [0.5, 0.6) is 0 Å². The van der Waals surface area contributed by atoms with Crippen LogP contribution >= 0.6 is 11.6 Å². The molecular weight excluding hydrogens is 324 g/mol. The lowest BCUT2D eigenvalue weighted by molar-refractivity contribution is -0.114. The van der Waals surface area contributed by atoms with Gasteiger partial charge in [0.05, 0.1) is 0 Å². The molecule has 5 nitrogen and oxygen atoms in total. The first-order chi connectivity index (χ1) is 11.6. The minimum absolute atomic E-state index is 0.0828. The fourth-order valence-corrected chi connectivity index (χ4v) is 2.28. The van der Waals surface area contributed by atoms with E-state index in [2.05, 4.69) is 20.9 Å². The summed E-state index contributed by atoms with van der Waals surface area (Å²) in [7, 11) is 1.73. The molecule has 2 rings (SSSR count). The van der Waals surface area contributed by atoms with Gasteiger partial charge in [-0.25, -0.2) is 0 Å². The number of halogens is 1. The van der Waals surface area contributed by atoms with Crippen LogP contribution in [-0.2, 0) is 17.9 Å². The van der Waals surface area contributed by atoms with E-state index in [-0.39, 0.29) is 5.91 Å². The van der Waals surface area contributed by atoms with E-state index in [1.807, 2.05) is 48.5 Å². The van der Waals surface area contributed by atoms with Crippen LogP contribution in [0.4, 0.5) is 5.69 Å². The number of aliphatic imine (C=N–C) groups is 1. The number of amides is 1. The van der Waals surface area contributed by atoms with E-state index >= 15 is 0 Å². The highest BCUT2D eigenvalue weighted by molar-refractivity contribution is 6.30. The smallest absolute Gasteiger partial charge is 0.221 e. The molecule has 0 bridgehead atoms. The minimum atomic E-state index is -0.0828. The molecular formula is C18H21ClN4O. The second-order valence-electron chi connectivity index (χ2n) is 5.29. The van der Waals surface area contributed by atoms with Crippen molar-refractivity contribution < 1.29 is 4.79 Å². The molecule has 2 aromatic carbocycles. The monoisotopic (exact) mass is 344 g/mol. The maximum absolute atomic E-state index is 11.1. The van der Waals surface area contributed by atoms with Crippen LogP contribution in [0.2, 0.25) is 5.02 Å². The van der Waals surface area contributed by atoms with Crippen molar-refractivity contribution in [2.75, 3.05) is 12.4 Å². The zero-order valence-electron chi connectivity index (χ0n) is 13.8. The third-order valence-electron chi connectivity index (χ3n) is 3.30. The van der Waals surface area contributed by atoms with Gasteiger partial charge in [0.2, 0.25) is 5.91 Å². The van der Waals surface area contributed by atoms with E-state index < -0.39 is 0 Å². The van der Waals surface area contributed by atoms with Crippen molar-refractivity contribution in [3.63, 3.8) is 0 Å². The van der Waals surface area contributed by atoms with Gasteiger partial charge in [0.25, 0.3) is 0 Å². The lowest BCUT2D eigenvalue weighted by Crippen LogP contribution is -2.36. The number of benzene rings is 2. The van der Waals surface area contributed by atoms with E-state index in [1.165, 1.54) is 6.92 Å². The Kier molecular flexibility index (Phi) is 6.63. The molecule has 24 heavy (non-hydrogen) atoms. The summed E-state index contributed by atoms with van der Waals surface area (Å²) in [6.07, 6.45) is 0. The number of carbonyl (C=O) groups excluding carboxylic acids is 1. The van der Waals surface area contributed by atoms with Gasteiger partial charge in [0.1, 0.15) is 0 Å². The Morgan fingerprint density at radius 1 is 1.04 bits per heavy atom. The third kappa shape index (κ3) is 5.93. The SMILES string of the molecule is CN=C(NCc1ccc(Cl)cc1)NCc1cccc(NC(C)=O)c1. The second-order valence-corrected chi connectivity index (χ2v) is 5.72. The molecule has 0 atom stereocenters. The Labute approximate surface area is 147 Å². The molecule has 0 unspecified atom stereocenters. The molecule has 126 valence electrons. The lowest BCUT2D eigenvalue weighted by atomic mass is 10.2. The summed E-state index contributed by atoms with van der Waals surface area (Å²) < 4.78 is 0. The van der Waals surface area contributed by atoms with Gasteiger partial charge >= 0.3 is 0 Å². The largest absolute Gasteiger partial charge is 0.352 e. The van der Waals surface area contributed by atoms with Crippen molar-refractivity contribution in [3.8, 4) is 0 Å². The molecule has 0 aliphatic carbocycles. The highest BCUT2D eigenvalue weighted by atomic mass is 35.5. The van der Waals surface area contributed by atoms with Crippen molar-refractivity contribution in [1.82, 2.24) is 10.6 Å². The van der Waals surface area contributed by atoms with Gasteiger partial charge in [-0.15, -0.1) is 0 Å².